The topological polar surface area (TPSA) is 24.1 Å². The molecule has 4 heteroatoms. The Morgan fingerprint density at radius 1 is 1.50 bits per heavy atom. The first-order valence-electron chi connectivity index (χ1n) is 5.68. The summed E-state index contributed by atoms with van der Waals surface area (Å²) < 4.78 is 12.9. The minimum atomic E-state index is -0.371. The molecule has 1 heterocycles. The van der Waals surface area contributed by atoms with Crippen LogP contribution in [0.5, 0.6) is 0 Å². The van der Waals surface area contributed by atoms with Gasteiger partial charge in [-0.25, -0.2) is 4.39 Å². The number of hydrogen-bond acceptors (Lipinski definition) is 2. The van der Waals surface area contributed by atoms with Gasteiger partial charge in [-0.05, 0) is 44.0 Å². The molecule has 1 fully saturated rings. The van der Waals surface area contributed by atoms with Gasteiger partial charge in [-0.3, -0.25) is 0 Å². The summed E-state index contributed by atoms with van der Waals surface area (Å²) in [4.78, 5) is 0. The monoisotopic (exact) mass is 242 g/mol. The van der Waals surface area contributed by atoms with E-state index < -0.39 is 0 Å². The van der Waals surface area contributed by atoms with Gasteiger partial charge in [-0.1, -0.05) is 11.6 Å². The standard InChI is InChI=1S/C12H16ClFN2/c13-11-8-10(3-4-12(11)14)16-7-5-9-2-1-6-15-9/h3-4,8-9,15-16H,1-2,5-7H2. The van der Waals surface area contributed by atoms with E-state index in [-0.39, 0.29) is 10.8 Å². The van der Waals surface area contributed by atoms with Crippen molar-refractivity contribution in [3.05, 3.63) is 29.0 Å². The van der Waals surface area contributed by atoms with E-state index in [9.17, 15) is 4.39 Å². The van der Waals surface area contributed by atoms with Crippen molar-refractivity contribution in [1.29, 1.82) is 0 Å². The Labute approximate surface area is 100 Å². The lowest BCUT2D eigenvalue weighted by atomic mass is 10.1. The van der Waals surface area contributed by atoms with E-state index in [1.54, 1.807) is 12.1 Å². The molecule has 0 bridgehead atoms. The fourth-order valence-electron chi connectivity index (χ4n) is 2.00. The molecule has 2 N–H and O–H groups in total. The van der Waals surface area contributed by atoms with Gasteiger partial charge in [0.15, 0.2) is 0 Å². The smallest absolute Gasteiger partial charge is 0.141 e. The fraction of sp³-hybridized carbons (Fsp3) is 0.500. The van der Waals surface area contributed by atoms with Crippen molar-refractivity contribution in [2.75, 3.05) is 18.4 Å². The highest BCUT2D eigenvalue weighted by molar-refractivity contribution is 6.31. The highest BCUT2D eigenvalue weighted by atomic mass is 35.5. The first-order chi connectivity index (χ1) is 7.75. The molecule has 0 saturated carbocycles. The second kappa shape index (κ2) is 5.51. The SMILES string of the molecule is Fc1ccc(NCCC2CCCN2)cc1Cl. The number of rotatable bonds is 4. The van der Waals surface area contributed by atoms with E-state index >= 15 is 0 Å². The maximum atomic E-state index is 12.9. The van der Waals surface area contributed by atoms with Gasteiger partial charge in [0.25, 0.3) is 0 Å². The van der Waals surface area contributed by atoms with Gasteiger partial charge < -0.3 is 10.6 Å². The molecule has 16 heavy (non-hydrogen) atoms. The molecule has 0 aliphatic carbocycles. The molecule has 1 aromatic carbocycles. The Kier molecular flexibility index (Phi) is 4.02. The largest absolute Gasteiger partial charge is 0.385 e. The van der Waals surface area contributed by atoms with E-state index in [4.69, 9.17) is 11.6 Å². The van der Waals surface area contributed by atoms with Crippen LogP contribution in [-0.4, -0.2) is 19.1 Å². The molecule has 0 spiro atoms. The first-order valence-corrected chi connectivity index (χ1v) is 6.06. The highest BCUT2D eigenvalue weighted by Gasteiger charge is 2.12. The number of benzene rings is 1. The fourth-order valence-corrected chi connectivity index (χ4v) is 2.18. The summed E-state index contributed by atoms with van der Waals surface area (Å²) in [6.07, 6.45) is 3.62. The molecule has 1 aliphatic heterocycles. The quantitative estimate of drug-likeness (QED) is 0.848. The zero-order chi connectivity index (χ0) is 11.4. The van der Waals surface area contributed by atoms with Crippen molar-refractivity contribution < 1.29 is 4.39 Å². The zero-order valence-electron chi connectivity index (χ0n) is 9.10. The van der Waals surface area contributed by atoms with Crippen LogP contribution in [0, 0.1) is 5.82 Å². The molecule has 1 saturated heterocycles. The molecule has 1 atom stereocenters. The molecule has 88 valence electrons. The molecule has 0 amide bonds. The summed E-state index contributed by atoms with van der Waals surface area (Å²) >= 11 is 5.69. The lowest BCUT2D eigenvalue weighted by Crippen LogP contribution is -2.24. The second-order valence-electron chi connectivity index (χ2n) is 4.14. The molecular formula is C12H16ClFN2. The number of hydrogen-bond donors (Lipinski definition) is 2. The van der Waals surface area contributed by atoms with Gasteiger partial charge in [0, 0.05) is 18.3 Å². The Bertz CT molecular complexity index is 351. The summed E-state index contributed by atoms with van der Waals surface area (Å²) in [5.41, 5.74) is 0.879. The molecule has 1 aliphatic rings. The Morgan fingerprint density at radius 3 is 3.06 bits per heavy atom. The van der Waals surface area contributed by atoms with Crippen LogP contribution >= 0.6 is 11.6 Å². The summed E-state index contributed by atoms with van der Waals surface area (Å²) in [6, 6.07) is 5.35. The van der Waals surface area contributed by atoms with E-state index in [2.05, 4.69) is 10.6 Å². The average molecular weight is 243 g/mol. The Hall–Kier alpha value is -0.800. The normalized spacial score (nSPS) is 20.0. The first kappa shape index (κ1) is 11.7. The van der Waals surface area contributed by atoms with E-state index in [1.807, 2.05) is 0 Å². The molecule has 1 unspecified atom stereocenters. The van der Waals surface area contributed by atoms with Crippen LogP contribution in [0.4, 0.5) is 10.1 Å². The van der Waals surface area contributed by atoms with Gasteiger partial charge >= 0.3 is 0 Å². The third kappa shape index (κ3) is 3.09. The number of nitrogens with one attached hydrogen (secondary N) is 2. The summed E-state index contributed by atoms with van der Waals surface area (Å²) in [5.74, 6) is -0.371. The van der Waals surface area contributed by atoms with Gasteiger partial charge in [0.2, 0.25) is 0 Å². The van der Waals surface area contributed by atoms with Crippen LogP contribution in [-0.2, 0) is 0 Å². The summed E-state index contributed by atoms with van der Waals surface area (Å²) in [7, 11) is 0. The second-order valence-corrected chi connectivity index (χ2v) is 4.54. The van der Waals surface area contributed by atoms with E-state index in [1.165, 1.54) is 18.9 Å². The van der Waals surface area contributed by atoms with Crippen LogP contribution in [0.15, 0.2) is 18.2 Å². The molecule has 0 radical (unpaired) electrons. The van der Waals surface area contributed by atoms with Crippen LogP contribution in [0.2, 0.25) is 5.02 Å². The van der Waals surface area contributed by atoms with Crippen molar-refractivity contribution in [3.8, 4) is 0 Å². The predicted molar refractivity (Wildman–Crippen MR) is 65.5 cm³/mol. The predicted octanol–water partition coefficient (Wildman–Crippen LogP) is 3.03. The van der Waals surface area contributed by atoms with Crippen LogP contribution in [0.25, 0.3) is 0 Å². The van der Waals surface area contributed by atoms with Crippen molar-refractivity contribution in [3.63, 3.8) is 0 Å². The van der Waals surface area contributed by atoms with Crippen molar-refractivity contribution in [1.82, 2.24) is 5.32 Å². The van der Waals surface area contributed by atoms with Crippen molar-refractivity contribution in [2.45, 2.75) is 25.3 Å². The molecular weight excluding hydrogens is 227 g/mol. The minimum absolute atomic E-state index is 0.170. The summed E-state index contributed by atoms with van der Waals surface area (Å²) in [5, 5.41) is 6.86. The Balaban J connectivity index is 1.78. The molecule has 2 nitrogen and oxygen atoms in total. The molecule has 0 aromatic heterocycles. The van der Waals surface area contributed by atoms with Crippen molar-refractivity contribution in [2.24, 2.45) is 0 Å². The van der Waals surface area contributed by atoms with E-state index in [0.29, 0.717) is 6.04 Å². The van der Waals surface area contributed by atoms with Crippen molar-refractivity contribution >= 4 is 17.3 Å². The maximum absolute atomic E-state index is 12.9. The minimum Gasteiger partial charge on any atom is -0.385 e. The van der Waals surface area contributed by atoms with E-state index in [0.717, 1.165) is 25.2 Å². The van der Waals surface area contributed by atoms with Crippen LogP contribution in [0.3, 0.4) is 0 Å². The number of halogens is 2. The van der Waals surface area contributed by atoms with Gasteiger partial charge in [-0.15, -0.1) is 0 Å². The average Bonchev–Trinajstić information content (AvgIpc) is 2.76. The third-order valence-corrected chi connectivity index (χ3v) is 3.19. The molecule has 1 aromatic rings. The van der Waals surface area contributed by atoms with Gasteiger partial charge in [-0.2, -0.15) is 0 Å². The lowest BCUT2D eigenvalue weighted by molar-refractivity contribution is 0.574. The van der Waals surface area contributed by atoms with Gasteiger partial charge in [0.05, 0.1) is 5.02 Å². The Morgan fingerprint density at radius 2 is 2.38 bits per heavy atom. The number of anilines is 1. The highest BCUT2D eigenvalue weighted by Crippen LogP contribution is 2.19. The molecule has 2 rings (SSSR count). The van der Waals surface area contributed by atoms with Crippen LogP contribution < -0.4 is 10.6 Å². The van der Waals surface area contributed by atoms with Gasteiger partial charge in [0.1, 0.15) is 5.82 Å². The maximum Gasteiger partial charge on any atom is 0.141 e. The summed E-state index contributed by atoms with van der Waals surface area (Å²) in [6.45, 7) is 2.02. The van der Waals surface area contributed by atoms with Crippen LogP contribution in [0.1, 0.15) is 19.3 Å². The lowest BCUT2D eigenvalue weighted by Gasteiger charge is -2.11. The zero-order valence-corrected chi connectivity index (χ0v) is 9.86. The third-order valence-electron chi connectivity index (χ3n) is 2.90.